The second kappa shape index (κ2) is 110. The molecule has 0 aliphatic carbocycles. The van der Waals surface area contributed by atoms with Crippen LogP contribution in [0.5, 0.6) is 0 Å². The van der Waals surface area contributed by atoms with E-state index in [-0.39, 0.29) is 0 Å². The van der Waals surface area contributed by atoms with E-state index < -0.39 is 0 Å². The van der Waals surface area contributed by atoms with E-state index in [1.807, 2.05) is 0 Å². The first-order chi connectivity index (χ1) is 67.0. The number of likely N-dealkylation sites (N-methyl/N-ethyl adjacent to an activating group) is 1. The summed E-state index contributed by atoms with van der Waals surface area (Å²) in [5.74, 6) is 0. The Balaban J connectivity index is -0.00000297. The van der Waals surface area contributed by atoms with Crippen LogP contribution in [0.4, 0.5) is 0 Å². The lowest BCUT2D eigenvalue weighted by molar-refractivity contribution is 0.115. The molecule has 39 N–H and O–H groups in total. The van der Waals surface area contributed by atoms with Crippen LogP contribution < -0.4 is 124 Å². The van der Waals surface area contributed by atoms with Gasteiger partial charge in [0.25, 0.3) is 0 Å². The smallest absolute Gasteiger partial charge is 0.0110 e. The molecule has 0 fully saturated rings. The first-order valence-corrected chi connectivity index (χ1v) is 55.4. The largest absolute Gasteiger partial charge is 0.329 e. The number of nitrogens with two attached hydrogens (primary N) is 17. The van der Waals surface area contributed by atoms with Crippen molar-refractivity contribution in [3.8, 4) is 0 Å². The number of hydrogen-bond donors (Lipinski definition) is 22. The van der Waals surface area contributed by atoms with Gasteiger partial charge in [0.1, 0.15) is 0 Å². The van der Waals surface area contributed by atoms with Gasteiger partial charge >= 0.3 is 0 Å². The third-order valence-electron chi connectivity index (χ3n) is 25.4. The highest BCUT2D eigenvalue weighted by atomic mass is 15.3. The topological polar surface area (TPSA) is 561 Å². The molecule has 0 aromatic rings. The molecular formula is C97H240N40. The van der Waals surface area contributed by atoms with Crippen LogP contribution in [0, 0.1) is 0 Å². The van der Waals surface area contributed by atoms with Gasteiger partial charge in [-0.05, 0) is 111 Å². The van der Waals surface area contributed by atoms with E-state index in [4.69, 9.17) is 97.5 Å². The standard InChI is InChI=1S/C59H149N29.C26H63N9.C12H28N2/c1-2-18-75(19-3-60)34-42-83(43-35-76(20-4-61)21-5-62)50-54-87(55-51-84(44-36-77(22-6-63)23-7-64)45-37-78(24-8-65)25-9-66)58-59-88(56-52-85(46-38-79(26-10-67)27-11-68)47-39-80(28-12-69)29-13-70)57-53-86(48-40-81(30-14-71)31-15-72)49-41-82(32-16-73)33-17-74;1-5-10-30-13-19-33(17-9-28)22-24-35(20-14-31-11-8-27)26-25-34(18-12-29-4)23-21-32(15-6-2)16-7-3;1-3-5-10-14-12-8-6-7-11-13-9-4-2/h2-74H2,1H3;29-31H,5-28H2,1-4H3;13-14H,3-12H2,1-2H3. The van der Waals surface area contributed by atoms with E-state index in [1.54, 1.807) is 0 Å². The molecule has 0 amide bonds. The lowest BCUT2D eigenvalue weighted by Crippen LogP contribution is -2.50. The Kier molecular flexibility index (Phi) is 112. The predicted molar refractivity (Wildman–Crippen MR) is 595 cm³/mol. The fourth-order valence-corrected chi connectivity index (χ4v) is 17.1. The molecule has 0 heterocycles. The summed E-state index contributed by atoms with van der Waals surface area (Å²) in [6, 6.07) is 0. The van der Waals surface area contributed by atoms with Gasteiger partial charge in [-0.25, -0.2) is 0 Å². The maximum atomic E-state index is 6.18. The molecular weight excluding hydrogens is 1730 g/mol. The van der Waals surface area contributed by atoms with Gasteiger partial charge in [0.05, 0.1) is 0 Å². The molecule has 0 aromatic carbocycles. The van der Waals surface area contributed by atoms with E-state index in [0.717, 1.165) is 379 Å². The highest BCUT2D eigenvalue weighted by molar-refractivity contribution is 4.81. The number of unbranched alkanes of at least 4 members (excludes halogenated alkanes) is 3. The van der Waals surface area contributed by atoms with Crippen LogP contribution in [0.1, 0.15) is 106 Å². The van der Waals surface area contributed by atoms with Crippen molar-refractivity contribution < 1.29 is 0 Å². The van der Waals surface area contributed by atoms with Crippen molar-refractivity contribution in [3.63, 3.8) is 0 Å². The summed E-state index contributed by atoms with van der Waals surface area (Å²) in [7, 11) is 2.05. The van der Waals surface area contributed by atoms with Crippen LogP contribution in [-0.2, 0) is 0 Å². The molecule has 0 unspecified atom stereocenters. The molecule has 0 saturated heterocycles. The van der Waals surface area contributed by atoms with E-state index in [0.29, 0.717) is 105 Å². The van der Waals surface area contributed by atoms with Gasteiger partial charge in [0.15, 0.2) is 0 Å². The minimum Gasteiger partial charge on any atom is -0.329 e. The Morgan fingerprint density at radius 3 is 0.438 bits per heavy atom. The Hall–Kier alpha value is -1.60. The normalized spacial score (nSPS) is 12.4. The van der Waals surface area contributed by atoms with Crippen molar-refractivity contribution in [2.45, 2.75) is 106 Å². The summed E-state index contributed by atoms with van der Waals surface area (Å²) < 4.78 is 0. The fraction of sp³-hybridized carbons (Fsp3) is 1.00. The molecule has 0 saturated carbocycles. The molecule has 40 heteroatoms. The quantitative estimate of drug-likeness (QED) is 0.0252. The monoisotopic (exact) mass is 1970 g/mol. The van der Waals surface area contributed by atoms with Crippen molar-refractivity contribution in [3.05, 3.63) is 0 Å². The molecule has 0 aliphatic heterocycles. The zero-order chi connectivity index (χ0) is 102. The highest BCUT2D eigenvalue weighted by Crippen LogP contribution is 2.08. The van der Waals surface area contributed by atoms with E-state index >= 15 is 0 Å². The van der Waals surface area contributed by atoms with Gasteiger partial charge in [-0.1, -0.05) is 54.4 Å². The SMILES string of the molecule is CCCCNCCCCCNCCC.CCCN(CCN)CCN(CCN(CCN)CCN)CCN(CCN(CCN(CCN)CCN)CCN(CCN)CCN)CCN(CCN(CCN(CCN)CCN)CCN(CCN)CCN)CCN(CCN(CCN)CCN)CCN(CCN)CCN.CCCNCCN(CCN)CCN(CCNCCN)CCN(CCNC)CCN(CCC)CCC. The van der Waals surface area contributed by atoms with E-state index in [9.17, 15) is 0 Å². The Morgan fingerprint density at radius 1 is 0.117 bits per heavy atom. The summed E-state index contributed by atoms with van der Waals surface area (Å²) in [6.45, 7) is 84.0. The zero-order valence-electron chi connectivity index (χ0n) is 91.0. The van der Waals surface area contributed by atoms with Crippen molar-refractivity contribution in [2.24, 2.45) is 97.5 Å². The van der Waals surface area contributed by atoms with Crippen LogP contribution in [0.2, 0.25) is 0 Å². The number of nitrogens with zero attached hydrogens (tertiary/aromatic N) is 18. The molecule has 828 valence electrons. The van der Waals surface area contributed by atoms with E-state index in [2.05, 4.69) is 163 Å². The van der Waals surface area contributed by atoms with Crippen molar-refractivity contribution in [2.75, 3.05) is 531 Å². The van der Waals surface area contributed by atoms with Crippen LogP contribution >= 0.6 is 0 Å². The van der Waals surface area contributed by atoms with Crippen LogP contribution in [0.15, 0.2) is 0 Å². The fourth-order valence-electron chi connectivity index (χ4n) is 17.1. The van der Waals surface area contributed by atoms with Gasteiger partial charge < -0.3 is 134 Å². The van der Waals surface area contributed by atoms with Crippen LogP contribution in [-0.4, -0.2) is 619 Å². The Labute approximate surface area is 844 Å². The van der Waals surface area contributed by atoms with Gasteiger partial charge in [-0.15, -0.1) is 0 Å². The van der Waals surface area contributed by atoms with Crippen molar-refractivity contribution in [1.82, 2.24) is 115 Å². The van der Waals surface area contributed by atoms with Gasteiger partial charge in [0, 0.05) is 471 Å². The van der Waals surface area contributed by atoms with E-state index in [1.165, 1.54) is 104 Å². The third kappa shape index (κ3) is 89.3. The predicted octanol–water partition coefficient (Wildman–Crippen LogP) is -7.71. The maximum Gasteiger partial charge on any atom is 0.0110 e. The van der Waals surface area contributed by atoms with Crippen molar-refractivity contribution >= 4 is 0 Å². The summed E-state index contributed by atoms with van der Waals surface area (Å²) in [5.41, 5.74) is 104. The minimum atomic E-state index is 0.595. The third-order valence-corrected chi connectivity index (χ3v) is 25.4. The van der Waals surface area contributed by atoms with Crippen LogP contribution in [0.25, 0.3) is 0 Å². The second-order valence-corrected chi connectivity index (χ2v) is 37.1. The van der Waals surface area contributed by atoms with Gasteiger partial charge in [-0.3, -0.25) is 78.4 Å². The molecule has 40 nitrogen and oxygen atoms in total. The lowest BCUT2D eigenvalue weighted by atomic mass is 10.2. The molecule has 0 rings (SSSR count). The van der Waals surface area contributed by atoms with Crippen LogP contribution in [0.3, 0.4) is 0 Å². The first-order valence-electron chi connectivity index (χ1n) is 55.4. The highest BCUT2D eigenvalue weighted by Gasteiger charge is 2.23. The average Bonchev–Trinajstić information content (AvgIpc) is 0.896. The summed E-state index contributed by atoms with van der Waals surface area (Å²) in [4.78, 5) is 45.8. The molecule has 0 spiro atoms. The summed E-state index contributed by atoms with van der Waals surface area (Å²) in [5, 5.41) is 17.2. The molecule has 0 radical (unpaired) electrons. The number of nitrogens with one attached hydrogen (secondary N) is 5. The second-order valence-electron chi connectivity index (χ2n) is 37.1. The minimum absolute atomic E-state index is 0.595. The Bertz CT molecular complexity index is 1930. The summed E-state index contributed by atoms with van der Waals surface area (Å²) >= 11 is 0. The first kappa shape index (κ1) is 140. The van der Waals surface area contributed by atoms with Gasteiger partial charge in [-0.2, -0.15) is 0 Å². The molecule has 0 aliphatic rings. The molecule has 0 aromatic heterocycles. The maximum absolute atomic E-state index is 6.18. The van der Waals surface area contributed by atoms with Crippen molar-refractivity contribution in [1.29, 1.82) is 0 Å². The molecule has 0 bridgehead atoms. The molecule has 0 atom stereocenters. The summed E-state index contributed by atoms with van der Waals surface area (Å²) in [6.07, 6.45) is 12.6. The average molecular weight is 1970 g/mol. The lowest BCUT2D eigenvalue weighted by Gasteiger charge is -2.36. The zero-order valence-corrected chi connectivity index (χ0v) is 91.0. The molecule has 137 heavy (non-hydrogen) atoms. The Morgan fingerprint density at radius 2 is 0.263 bits per heavy atom. The number of hydrogen-bond acceptors (Lipinski definition) is 40. The van der Waals surface area contributed by atoms with Gasteiger partial charge in [0.2, 0.25) is 0 Å². The number of rotatable bonds is 110.